The van der Waals surface area contributed by atoms with Gasteiger partial charge in [-0.15, -0.1) is 0 Å². The Balaban J connectivity index is 2.38. The molecule has 1 fully saturated rings. The standard InChI is InChI=1S/C14H17N5O3/c1-10-8-13(19(21)22)12(18-6-4-16-5-7-18)9-11(10)17-14(20)2-3-15/h8-9,16H,2,4-7H2,1H3,(H,17,20). The largest absolute Gasteiger partial charge is 0.363 e. The second kappa shape index (κ2) is 6.87. The lowest BCUT2D eigenvalue weighted by Crippen LogP contribution is -2.43. The van der Waals surface area contributed by atoms with Crippen LogP contribution in [0.25, 0.3) is 0 Å². The maximum Gasteiger partial charge on any atom is 0.292 e. The Labute approximate surface area is 127 Å². The monoisotopic (exact) mass is 303 g/mol. The molecule has 1 aliphatic heterocycles. The number of nitro benzene ring substituents is 1. The summed E-state index contributed by atoms with van der Waals surface area (Å²) in [6, 6.07) is 4.85. The van der Waals surface area contributed by atoms with Crippen molar-refractivity contribution in [2.75, 3.05) is 36.4 Å². The number of anilines is 2. The summed E-state index contributed by atoms with van der Waals surface area (Å²) in [5.41, 5.74) is 1.61. The molecule has 0 atom stereocenters. The molecule has 8 heteroatoms. The van der Waals surface area contributed by atoms with Crippen molar-refractivity contribution in [1.82, 2.24) is 5.32 Å². The summed E-state index contributed by atoms with van der Waals surface area (Å²) in [4.78, 5) is 24.4. The molecule has 1 aromatic rings. The van der Waals surface area contributed by atoms with E-state index >= 15 is 0 Å². The molecule has 116 valence electrons. The highest BCUT2D eigenvalue weighted by atomic mass is 16.6. The number of aryl methyl sites for hydroxylation is 1. The molecule has 2 rings (SSSR count). The van der Waals surface area contributed by atoms with E-state index in [1.165, 1.54) is 6.07 Å². The predicted octanol–water partition coefficient (Wildman–Crippen LogP) is 1.16. The Morgan fingerprint density at radius 1 is 1.50 bits per heavy atom. The van der Waals surface area contributed by atoms with Gasteiger partial charge in [0, 0.05) is 37.9 Å². The predicted molar refractivity (Wildman–Crippen MR) is 81.8 cm³/mol. The maximum absolute atomic E-state index is 11.6. The van der Waals surface area contributed by atoms with Crippen LogP contribution in [-0.4, -0.2) is 37.0 Å². The van der Waals surface area contributed by atoms with Gasteiger partial charge in [-0.05, 0) is 18.6 Å². The number of hydrogen-bond donors (Lipinski definition) is 2. The molecule has 0 spiro atoms. The van der Waals surface area contributed by atoms with E-state index in [1.54, 1.807) is 19.1 Å². The summed E-state index contributed by atoms with van der Waals surface area (Å²) < 4.78 is 0. The molecule has 1 aromatic carbocycles. The number of rotatable bonds is 4. The lowest BCUT2D eigenvalue weighted by Gasteiger charge is -2.29. The van der Waals surface area contributed by atoms with Gasteiger partial charge in [-0.2, -0.15) is 5.26 Å². The number of benzene rings is 1. The highest BCUT2D eigenvalue weighted by Gasteiger charge is 2.23. The second-order valence-corrected chi connectivity index (χ2v) is 5.03. The van der Waals surface area contributed by atoms with Crippen LogP contribution in [0.1, 0.15) is 12.0 Å². The minimum absolute atomic E-state index is 0.0256. The molecule has 0 bridgehead atoms. The van der Waals surface area contributed by atoms with Gasteiger partial charge < -0.3 is 15.5 Å². The first-order valence-electron chi connectivity index (χ1n) is 6.94. The Bertz CT molecular complexity index is 632. The van der Waals surface area contributed by atoms with Gasteiger partial charge in [0.05, 0.1) is 11.0 Å². The van der Waals surface area contributed by atoms with E-state index in [0.29, 0.717) is 30.0 Å². The fraction of sp³-hybridized carbons (Fsp3) is 0.429. The van der Waals surface area contributed by atoms with Crippen molar-refractivity contribution in [3.63, 3.8) is 0 Å². The third kappa shape index (κ3) is 3.51. The third-order valence-electron chi connectivity index (χ3n) is 3.49. The van der Waals surface area contributed by atoms with Crippen LogP contribution in [0.5, 0.6) is 0 Å². The number of nitrogens with zero attached hydrogens (tertiary/aromatic N) is 3. The van der Waals surface area contributed by atoms with Crippen molar-refractivity contribution < 1.29 is 9.72 Å². The topological polar surface area (TPSA) is 111 Å². The van der Waals surface area contributed by atoms with Gasteiger partial charge in [-0.3, -0.25) is 14.9 Å². The molecule has 8 nitrogen and oxygen atoms in total. The number of amides is 1. The molecule has 0 saturated carbocycles. The number of nitriles is 1. The van der Waals surface area contributed by atoms with E-state index in [2.05, 4.69) is 10.6 Å². The van der Waals surface area contributed by atoms with Gasteiger partial charge in [0.15, 0.2) is 0 Å². The first-order chi connectivity index (χ1) is 10.5. The van der Waals surface area contributed by atoms with E-state index in [0.717, 1.165) is 13.1 Å². The fourth-order valence-corrected chi connectivity index (χ4v) is 2.39. The summed E-state index contributed by atoms with van der Waals surface area (Å²) in [7, 11) is 0. The fourth-order valence-electron chi connectivity index (χ4n) is 2.39. The number of piperazine rings is 1. The molecule has 1 aliphatic rings. The molecule has 0 aliphatic carbocycles. The van der Waals surface area contributed by atoms with Crippen LogP contribution in [0, 0.1) is 28.4 Å². The summed E-state index contributed by atoms with van der Waals surface area (Å²) in [6.45, 7) is 4.52. The van der Waals surface area contributed by atoms with Crippen molar-refractivity contribution in [3.8, 4) is 6.07 Å². The second-order valence-electron chi connectivity index (χ2n) is 5.03. The Morgan fingerprint density at radius 2 is 2.18 bits per heavy atom. The molecule has 22 heavy (non-hydrogen) atoms. The molecule has 1 amide bonds. The van der Waals surface area contributed by atoms with Gasteiger partial charge in [-0.25, -0.2) is 0 Å². The van der Waals surface area contributed by atoms with Gasteiger partial charge in [0.25, 0.3) is 5.69 Å². The van der Waals surface area contributed by atoms with Crippen molar-refractivity contribution >= 4 is 23.0 Å². The average Bonchev–Trinajstić information content (AvgIpc) is 2.50. The van der Waals surface area contributed by atoms with Gasteiger partial charge >= 0.3 is 0 Å². The zero-order valence-electron chi connectivity index (χ0n) is 12.3. The van der Waals surface area contributed by atoms with E-state index in [-0.39, 0.29) is 12.1 Å². The molecule has 0 aromatic heterocycles. The molecule has 1 saturated heterocycles. The van der Waals surface area contributed by atoms with Gasteiger partial charge in [0.1, 0.15) is 12.1 Å². The molecule has 2 N–H and O–H groups in total. The zero-order chi connectivity index (χ0) is 16.1. The zero-order valence-corrected chi connectivity index (χ0v) is 12.3. The van der Waals surface area contributed by atoms with Crippen molar-refractivity contribution in [2.45, 2.75) is 13.3 Å². The van der Waals surface area contributed by atoms with Crippen LogP contribution in [0.2, 0.25) is 0 Å². The van der Waals surface area contributed by atoms with Crippen molar-refractivity contribution in [2.24, 2.45) is 0 Å². The molecule has 1 heterocycles. The van der Waals surface area contributed by atoms with Crippen LogP contribution >= 0.6 is 0 Å². The number of nitrogens with one attached hydrogen (secondary N) is 2. The number of carbonyl (C=O) groups is 1. The van der Waals surface area contributed by atoms with Gasteiger partial charge in [0.2, 0.25) is 5.91 Å². The lowest BCUT2D eigenvalue weighted by molar-refractivity contribution is -0.384. The van der Waals surface area contributed by atoms with E-state index in [1.807, 2.05) is 4.90 Å². The summed E-state index contributed by atoms with van der Waals surface area (Å²) in [6.07, 6.45) is -0.251. The SMILES string of the molecule is Cc1cc([N+](=O)[O-])c(N2CCNCC2)cc1NC(=O)CC#N. The Morgan fingerprint density at radius 3 is 2.77 bits per heavy atom. The summed E-state index contributed by atoms with van der Waals surface area (Å²) in [5, 5.41) is 25.7. The number of carbonyl (C=O) groups excluding carboxylic acids is 1. The average molecular weight is 303 g/mol. The van der Waals surface area contributed by atoms with Crippen molar-refractivity contribution in [3.05, 3.63) is 27.8 Å². The van der Waals surface area contributed by atoms with Crippen LogP contribution in [0.4, 0.5) is 17.1 Å². The van der Waals surface area contributed by atoms with E-state index in [9.17, 15) is 14.9 Å². The minimum atomic E-state index is -0.425. The number of hydrogen-bond acceptors (Lipinski definition) is 6. The lowest BCUT2D eigenvalue weighted by atomic mass is 10.1. The highest BCUT2D eigenvalue weighted by molar-refractivity contribution is 5.94. The summed E-state index contributed by atoms with van der Waals surface area (Å²) >= 11 is 0. The quantitative estimate of drug-likeness (QED) is 0.638. The molecular formula is C14H17N5O3. The smallest absolute Gasteiger partial charge is 0.292 e. The van der Waals surface area contributed by atoms with E-state index in [4.69, 9.17) is 5.26 Å². The number of nitro groups is 1. The molecule has 0 radical (unpaired) electrons. The summed E-state index contributed by atoms with van der Waals surface area (Å²) in [5.74, 6) is -0.425. The van der Waals surface area contributed by atoms with Gasteiger partial charge in [-0.1, -0.05) is 0 Å². The Hall–Kier alpha value is -2.66. The molecule has 0 unspecified atom stereocenters. The van der Waals surface area contributed by atoms with E-state index < -0.39 is 10.8 Å². The van der Waals surface area contributed by atoms with Crippen LogP contribution < -0.4 is 15.5 Å². The van der Waals surface area contributed by atoms with Crippen LogP contribution in [-0.2, 0) is 4.79 Å². The minimum Gasteiger partial charge on any atom is -0.363 e. The van der Waals surface area contributed by atoms with Crippen molar-refractivity contribution in [1.29, 1.82) is 5.26 Å². The third-order valence-corrected chi connectivity index (χ3v) is 3.49. The molecular weight excluding hydrogens is 286 g/mol. The highest BCUT2D eigenvalue weighted by Crippen LogP contribution is 2.34. The van der Waals surface area contributed by atoms with Crippen LogP contribution in [0.3, 0.4) is 0 Å². The van der Waals surface area contributed by atoms with Crippen LogP contribution in [0.15, 0.2) is 12.1 Å². The maximum atomic E-state index is 11.6. The normalized spacial score (nSPS) is 14.3. The first-order valence-corrected chi connectivity index (χ1v) is 6.94. The first kappa shape index (κ1) is 15.7. The Kier molecular flexibility index (Phi) is 4.91.